The number of aromatic nitrogens is 1. The molecule has 0 amide bonds. The van der Waals surface area contributed by atoms with E-state index in [0.29, 0.717) is 0 Å². The summed E-state index contributed by atoms with van der Waals surface area (Å²) >= 11 is 1.63. The Kier molecular flexibility index (Phi) is 1.80. The molecule has 0 radical (unpaired) electrons. The van der Waals surface area contributed by atoms with Crippen LogP contribution in [0.1, 0.15) is 0 Å². The lowest BCUT2D eigenvalue weighted by Gasteiger charge is -1.96. The predicted molar refractivity (Wildman–Crippen MR) is 52.0 cm³/mol. The van der Waals surface area contributed by atoms with Gasteiger partial charge in [-0.15, -0.1) is 11.3 Å². The van der Waals surface area contributed by atoms with Gasteiger partial charge in [0, 0.05) is 11.9 Å². The summed E-state index contributed by atoms with van der Waals surface area (Å²) in [6.07, 6.45) is 1.86. The quantitative estimate of drug-likeness (QED) is 0.677. The van der Waals surface area contributed by atoms with Crippen molar-refractivity contribution in [3.8, 4) is 10.4 Å². The first-order valence-electron chi connectivity index (χ1n) is 3.60. The van der Waals surface area contributed by atoms with E-state index in [2.05, 4.69) is 4.98 Å². The van der Waals surface area contributed by atoms with Crippen LogP contribution in [0.2, 0.25) is 0 Å². The largest absolute Gasteiger partial charge is 0.399 e. The van der Waals surface area contributed by atoms with Gasteiger partial charge in [-0.3, -0.25) is 4.98 Å². The number of hydrogen-bond acceptors (Lipinski definition) is 3. The average Bonchev–Trinajstić information content (AvgIpc) is 2.58. The molecule has 2 rings (SSSR count). The van der Waals surface area contributed by atoms with Crippen molar-refractivity contribution in [2.24, 2.45) is 0 Å². The van der Waals surface area contributed by atoms with Crippen molar-refractivity contribution in [3.63, 3.8) is 0 Å². The van der Waals surface area contributed by atoms with Gasteiger partial charge in [0.2, 0.25) is 0 Å². The summed E-state index contributed by atoms with van der Waals surface area (Å²) in [5.74, 6) is 0. The fourth-order valence-electron chi connectivity index (χ4n) is 1.01. The van der Waals surface area contributed by atoms with Crippen LogP contribution < -0.4 is 5.73 Å². The van der Waals surface area contributed by atoms with E-state index in [1.807, 2.05) is 36.0 Å². The van der Waals surface area contributed by atoms with Gasteiger partial charge in [0.1, 0.15) is 0 Å². The van der Waals surface area contributed by atoms with E-state index in [0.717, 1.165) is 5.69 Å². The maximum absolute atomic E-state index is 5.57. The molecule has 0 spiro atoms. The SMILES string of the molecule is Nc1ccc(-c2cncs2)cc1. The normalized spacial score (nSPS) is 10.0. The summed E-state index contributed by atoms with van der Waals surface area (Å²) in [7, 11) is 0. The molecule has 3 heteroatoms. The number of benzene rings is 1. The van der Waals surface area contributed by atoms with E-state index in [9.17, 15) is 0 Å². The minimum Gasteiger partial charge on any atom is -0.399 e. The van der Waals surface area contributed by atoms with E-state index in [-0.39, 0.29) is 0 Å². The number of nitrogens with two attached hydrogens (primary N) is 1. The van der Waals surface area contributed by atoms with Gasteiger partial charge in [-0.2, -0.15) is 0 Å². The Morgan fingerprint density at radius 2 is 1.92 bits per heavy atom. The van der Waals surface area contributed by atoms with Crippen LogP contribution in [0.25, 0.3) is 10.4 Å². The van der Waals surface area contributed by atoms with Crippen LogP contribution in [0.3, 0.4) is 0 Å². The highest BCUT2D eigenvalue weighted by molar-refractivity contribution is 7.13. The first-order chi connectivity index (χ1) is 5.86. The molecule has 0 atom stereocenters. The molecule has 60 valence electrons. The standard InChI is InChI=1S/C9H8N2S/c10-8-3-1-7(2-4-8)9-5-11-6-12-9/h1-6H,10H2. The van der Waals surface area contributed by atoms with Gasteiger partial charge in [0.15, 0.2) is 0 Å². The van der Waals surface area contributed by atoms with Crippen LogP contribution in [-0.4, -0.2) is 4.98 Å². The molecule has 0 fully saturated rings. The number of nitrogens with zero attached hydrogens (tertiary/aromatic N) is 1. The highest BCUT2D eigenvalue weighted by Gasteiger charge is 1.96. The molecule has 2 aromatic rings. The van der Waals surface area contributed by atoms with Crippen LogP contribution in [0.15, 0.2) is 36.0 Å². The fraction of sp³-hybridized carbons (Fsp3) is 0. The molecule has 12 heavy (non-hydrogen) atoms. The van der Waals surface area contributed by atoms with Crippen molar-refractivity contribution in [2.75, 3.05) is 5.73 Å². The van der Waals surface area contributed by atoms with Crippen LogP contribution in [0, 0.1) is 0 Å². The van der Waals surface area contributed by atoms with E-state index in [4.69, 9.17) is 5.73 Å². The summed E-state index contributed by atoms with van der Waals surface area (Å²) in [6.45, 7) is 0. The molecular formula is C9H8N2S. The minimum absolute atomic E-state index is 0.795. The van der Waals surface area contributed by atoms with Gasteiger partial charge < -0.3 is 5.73 Å². The highest BCUT2D eigenvalue weighted by Crippen LogP contribution is 2.23. The van der Waals surface area contributed by atoms with Crippen molar-refractivity contribution in [1.29, 1.82) is 0 Å². The molecule has 0 saturated heterocycles. The summed E-state index contributed by atoms with van der Waals surface area (Å²) < 4.78 is 0. The zero-order valence-electron chi connectivity index (χ0n) is 6.40. The summed E-state index contributed by atoms with van der Waals surface area (Å²) in [4.78, 5) is 5.18. The van der Waals surface area contributed by atoms with Gasteiger partial charge in [-0.1, -0.05) is 12.1 Å². The second kappa shape index (κ2) is 2.95. The first-order valence-corrected chi connectivity index (χ1v) is 4.48. The molecule has 0 aliphatic rings. The lowest BCUT2D eigenvalue weighted by molar-refractivity contribution is 1.42. The molecule has 2 N–H and O–H groups in total. The Balaban J connectivity index is 2.43. The monoisotopic (exact) mass is 176 g/mol. The van der Waals surface area contributed by atoms with Crippen LogP contribution in [-0.2, 0) is 0 Å². The van der Waals surface area contributed by atoms with E-state index in [1.54, 1.807) is 11.3 Å². The van der Waals surface area contributed by atoms with Gasteiger partial charge in [0.25, 0.3) is 0 Å². The first kappa shape index (κ1) is 7.31. The number of anilines is 1. The third-order valence-corrected chi connectivity index (χ3v) is 2.45. The number of hydrogen-bond donors (Lipinski definition) is 1. The van der Waals surface area contributed by atoms with Gasteiger partial charge in [-0.25, -0.2) is 0 Å². The van der Waals surface area contributed by atoms with Gasteiger partial charge in [0.05, 0.1) is 10.4 Å². The Bertz CT molecular complexity index is 351. The van der Waals surface area contributed by atoms with Crippen LogP contribution in [0.5, 0.6) is 0 Å². The van der Waals surface area contributed by atoms with E-state index >= 15 is 0 Å². The van der Waals surface area contributed by atoms with Crippen molar-refractivity contribution in [2.45, 2.75) is 0 Å². The van der Waals surface area contributed by atoms with Crippen molar-refractivity contribution in [1.82, 2.24) is 4.98 Å². The lowest BCUT2D eigenvalue weighted by atomic mass is 10.2. The van der Waals surface area contributed by atoms with Crippen LogP contribution in [0.4, 0.5) is 5.69 Å². The van der Waals surface area contributed by atoms with Crippen molar-refractivity contribution < 1.29 is 0 Å². The third kappa shape index (κ3) is 1.31. The minimum atomic E-state index is 0.795. The van der Waals surface area contributed by atoms with Crippen molar-refractivity contribution in [3.05, 3.63) is 36.0 Å². The molecule has 1 aromatic heterocycles. The maximum atomic E-state index is 5.57. The van der Waals surface area contributed by atoms with Crippen LogP contribution >= 0.6 is 11.3 Å². The molecule has 0 saturated carbocycles. The summed E-state index contributed by atoms with van der Waals surface area (Å²) in [5, 5.41) is 0. The smallest absolute Gasteiger partial charge is 0.0797 e. The van der Waals surface area contributed by atoms with Gasteiger partial charge >= 0.3 is 0 Å². The number of thiazole rings is 1. The summed E-state index contributed by atoms with van der Waals surface area (Å²) in [5.41, 5.74) is 9.36. The predicted octanol–water partition coefficient (Wildman–Crippen LogP) is 2.39. The number of rotatable bonds is 1. The van der Waals surface area contributed by atoms with E-state index in [1.165, 1.54) is 10.4 Å². The number of nitrogen functional groups attached to an aromatic ring is 1. The third-order valence-electron chi connectivity index (χ3n) is 1.63. The lowest BCUT2D eigenvalue weighted by Crippen LogP contribution is -1.82. The Morgan fingerprint density at radius 3 is 2.50 bits per heavy atom. The molecule has 0 aliphatic heterocycles. The molecule has 0 aliphatic carbocycles. The Labute approximate surface area is 74.7 Å². The molecular weight excluding hydrogens is 168 g/mol. The highest BCUT2D eigenvalue weighted by atomic mass is 32.1. The second-order valence-corrected chi connectivity index (χ2v) is 3.37. The molecule has 0 bridgehead atoms. The second-order valence-electron chi connectivity index (χ2n) is 2.49. The maximum Gasteiger partial charge on any atom is 0.0797 e. The Hall–Kier alpha value is -1.35. The summed E-state index contributed by atoms with van der Waals surface area (Å²) in [6, 6.07) is 7.80. The molecule has 1 heterocycles. The topological polar surface area (TPSA) is 38.9 Å². The van der Waals surface area contributed by atoms with Gasteiger partial charge in [-0.05, 0) is 17.7 Å². The zero-order chi connectivity index (χ0) is 8.39. The molecule has 1 aromatic carbocycles. The van der Waals surface area contributed by atoms with Crippen molar-refractivity contribution >= 4 is 17.0 Å². The zero-order valence-corrected chi connectivity index (χ0v) is 7.21. The van der Waals surface area contributed by atoms with E-state index < -0.39 is 0 Å². The molecule has 0 unspecified atom stereocenters. The average molecular weight is 176 g/mol. The molecule has 2 nitrogen and oxygen atoms in total. The fourth-order valence-corrected chi connectivity index (χ4v) is 1.63. The Morgan fingerprint density at radius 1 is 1.17 bits per heavy atom.